The summed E-state index contributed by atoms with van der Waals surface area (Å²) in [5, 5.41) is 0. The second kappa shape index (κ2) is 2.32. The average molecular weight is 116 g/mol. The molecule has 0 fully saturated rings. The Morgan fingerprint density at radius 2 is 1.50 bits per heavy atom. The van der Waals surface area contributed by atoms with Gasteiger partial charge in [-0.2, -0.15) is 0 Å². The van der Waals surface area contributed by atoms with Crippen molar-refractivity contribution in [1.82, 2.24) is 0 Å². The Kier molecular flexibility index (Phi) is 3.65. The zero-order chi connectivity index (χ0) is 4.50. The van der Waals surface area contributed by atoms with Crippen molar-refractivity contribution in [2.75, 3.05) is 0 Å². The summed E-state index contributed by atoms with van der Waals surface area (Å²) in [5.41, 5.74) is 0. The summed E-state index contributed by atoms with van der Waals surface area (Å²) < 4.78 is 28.7. The zero-order valence-electron chi connectivity index (χ0n) is 2.06. The van der Waals surface area contributed by atoms with Crippen LogP contribution in [0.1, 0.15) is 0 Å². The molecule has 0 unspecified atom stereocenters. The van der Waals surface area contributed by atoms with Crippen molar-refractivity contribution in [3.63, 3.8) is 0 Å². The van der Waals surface area contributed by atoms with E-state index in [2.05, 4.69) is 0 Å². The lowest BCUT2D eigenvalue weighted by molar-refractivity contribution is 0.376. The van der Waals surface area contributed by atoms with E-state index < -0.39 is 7.99 Å². The molecule has 0 rings (SSSR count). The Hall–Kier alpha value is 0.115. The van der Waals surface area contributed by atoms with E-state index in [0.29, 0.717) is 0 Å². The van der Waals surface area contributed by atoms with Crippen LogP contribution in [0.15, 0.2) is 0 Å². The molecule has 0 aromatic heterocycles. The van der Waals surface area contributed by atoms with E-state index in [0.717, 1.165) is 0 Å². The molecule has 6 heavy (non-hydrogen) atoms. The first-order valence-corrected chi connectivity index (χ1v) is 2.16. The predicted octanol–water partition coefficient (Wildman–Crippen LogP) is -0.158. The van der Waals surface area contributed by atoms with Crippen LogP contribution in [0.4, 0.5) is 8.39 Å². The van der Waals surface area contributed by atoms with Gasteiger partial charge in [0.25, 0.3) is 0 Å². The van der Waals surface area contributed by atoms with E-state index in [1.807, 2.05) is 0 Å². The van der Waals surface area contributed by atoms with Gasteiger partial charge in [0.1, 0.15) is 0 Å². The molecule has 38 valence electrons. The van der Waals surface area contributed by atoms with Crippen LogP contribution < -0.4 is 0 Å². The average Bonchev–Trinajstić information content (AvgIpc) is 0.722. The van der Waals surface area contributed by atoms with Crippen LogP contribution in [0.3, 0.4) is 0 Å². The van der Waals surface area contributed by atoms with E-state index in [1.165, 1.54) is 0 Å². The fourth-order valence-electron chi connectivity index (χ4n) is 0. The molecule has 0 spiro atoms. The number of halogens is 2. The summed E-state index contributed by atoms with van der Waals surface area (Å²) in [6, 6.07) is 0. The van der Waals surface area contributed by atoms with Gasteiger partial charge in [-0.15, -0.1) is 8.39 Å². The fourth-order valence-corrected chi connectivity index (χ4v) is 0. The molecule has 0 saturated heterocycles. The quantitative estimate of drug-likeness (QED) is 0.352. The highest BCUT2D eigenvalue weighted by atomic mass is 31.2. The van der Waals surface area contributed by atoms with Gasteiger partial charge in [-0.25, -0.2) is 4.57 Å². The molecule has 0 aliphatic rings. The maximum atomic E-state index is 10.1. The summed E-state index contributed by atoms with van der Waals surface area (Å²) in [7, 11) is -5.64. The molecule has 0 aliphatic carbocycles. The second-order valence-electron chi connectivity index (χ2n) is 0.435. The van der Waals surface area contributed by atoms with E-state index in [-0.39, 0.29) is 8.41 Å². The Morgan fingerprint density at radius 3 is 1.50 bits per heavy atom. The van der Waals surface area contributed by atoms with Gasteiger partial charge in [0, 0.05) is 0 Å². The van der Waals surface area contributed by atoms with E-state index in [9.17, 15) is 8.39 Å². The summed E-state index contributed by atoms with van der Waals surface area (Å²) in [5.74, 6) is 0. The van der Waals surface area contributed by atoms with Gasteiger partial charge in [-0.05, 0) is 0 Å². The fraction of sp³-hybridized carbons (Fsp3) is 0. The molecule has 0 aliphatic heterocycles. The normalized spacial score (nSPS) is 9.83. The Morgan fingerprint density at radius 1 is 1.50 bits per heavy atom. The smallest absolute Gasteiger partial charge is 0.296 e. The molecular formula is H4BF2O2P. The van der Waals surface area contributed by atoms with Crippen molar-refractivity contribution in [2.24, 2.45) is 0 Å². The lowest BCUT2D eigenvalue weighted by Crippen LogP contribution is -1.45. The van der Waals surface area contributed by atoms with Crippen molar-refractivity contribution >= 4 is 16.4 Å². The third-order valence-electron chi connectivity index (χ3n) is 0. The minimum atomic E-state index is -5.64. The highest BCUT2D eigenvalue weighted by Gasteiger charge is 2.09. The molecule has 6 heteroatoms. The van der Waals surface area contributed by atoms with Crippen molar-refractivity contribution < 1.29 is 17.9 Å². The predicted molar refractivity (Wildman–Crippen MR) is 22.0 cm³/mol. The lowest BCUT2D eigenvalue weighted by Gasteiger charge is -1.73. The maximum Gasteiger partial charge on any atom is 0.549 e. The van der Waals surface area contributed by atoms with E-state index >= 15 is 0 Å². The third kappa shape index (κ3) is 3020. The van der Waals surface area contributed by atoms with Crippen molar-refractivity contribution in [3.8, 4) is 0 Å². The highest BCUT2D eigenvalue weighted by molar-refractivity contribution is 7.46. The topological polar surface area (TPSA) is 37.3 Å². The molecule has 0 saturated carbocycles. The molecule has 0 bridgehead atoms. The Bertz CT molecular complexity index is 57.7. The van der Waals surface area contributed by atoms with Crippen molar-refractivity contribution in [3.05, 3.63) is 0 Å². The summed E-state index contributed by atoms with van der Waals surface area (Å²) in [4.78, 5) is 6.74. The molecule has 1 N–H and O–H groups in total. The van der Waals surface area contributed by atoms with Crippen LogP contribution in [-0.4, -0.2) is 13.3 Å². The van der Waals surface area contributed by atoms with Crippen LogP contribution in [-0.2, 0) is 4.57 Å². The van der Waals surface area contributed by atoms with Gasteiger partial charge in [-0.3, -0.25) is 4.89 Å². The van der Waals surface area contributed by atoms with Gasteiger partial charge >= 0.3 is 7.99 Å². The molecule has 0 amide bonds. The molecule has 0 heterocycles. The largest absolute Gasteiger partial charge is 0.549 e. The van der Waals surface area contributed by atoms with Gasteiger partial charge in [-0.1, -0.05) is 0 Å². The first-order valence-electron chi connectivity index (χ1n) is 0.721. The van der Waals surface area contributed by atoms with Crippen LogP contribution in [0.5, 0.6) is 0 Å². The van der Waals surface area contributed by atoms with Crippen LogP contribution in [0.25, 0.3) is 0 Å². The van der Waals surface area contributed by atoms with Gasteiger partial charge in [0.2, 0.25) is 0 Å². The van der Waals surface area contributed by atoms with Crippen LogP contribution in [0.2, 0.25) is 0 Å². The van der Waals surface area contributed by atoms with Gasteiger partial charge < -0.3 is 0 Å². The Labute approximate surface area is 35.4 Å². The molecule has 0 aromatic carbocycles. The molecule has 2 nitrogen and oxygen atoms in total. The molecular weight excluding hydrogens is 112 g/mol. The second-order valence-corrected chi connectivity index (χ2v) is 1.30. The third-order valence-corrected chi connectivity index (χ3v) is 0. The Balaban J connectivity index is 0. The first kappa shape index (κ1) is 9.45. The molecule has 0 radical (unpaired) electrons. The van der Waals surface area contributed by atoms with Gasteiger partial charge in [0.15, 0.2) is 0 Å². The lowest BCUT2D eigenvalue weighted by atomic mass is 10.8. The zero-order valence-corrected chi connectivity index (χ0v) is 2.95. The number of hydrogen-bond donors (Lipinski definition) is 1. The van der Waals surface area contributed by atoms with Gasteiger partial charge in [0.05, 0.1) is 8.41 Å². The number of hydrogen-bond acceptors (Lipinski definition) is 1. The van der Waals surface area contributed by atoms with E-state index in [4.69, 9.17) is 9.46 Å². The standard InChI is InChI=1S/BH3.F2HO2P/c;1-5(2,3)4/h1H3;(H,3,4). The monoisotopic (exact) mass is 116 g/mol. The minimum absolute atomic E-state index is 0. The first-order chi connectivity index (χ1) is 2.00. The molecule has 0 aromatic rings. The summed E-state index contributed by atoms with van der Waals surface area (Å²) in [6.07, 6.45) is 0. The molecule has 0 atom stereocenters. The minimum Gasteiger partial charge on any atom is -0.296 e. The van der Waals surface area contributed by atoms with Crippen LogP contribution >= 0.6 is 7.99 Å². The van der Waals surface area contributed by atoms with Crippen molar-refractivity contribution in [2.45, 2.75) is 0 Å². The summed E-state index contributed by atoms with van der Waals surface area (Å²) in [6.45, 7) is 0. The highest BCUT2D eigenvalue weighted by Crippen LogP contribution is 2.43. The van der Waals surface area contributed by atoms with Crippen molar-refractivity contribution in [1.29, 1.82) is 0 Å². The summed E-state index contributed by atoms with van der Waals surface area (Å²) >= 11 is 0. The maximum absolute atomic E-state index is 10.1. The number of rotatable bonds is 0. The van der Waals surface area contributed by atoms with E-state index in [1.54, 1.807) is 0 Å². The van der Waals surface area contributed by atoms with Crippen LogP contribution in [0, 0.1) is 0 Å². The SMILES string of the molecule is B.O=P(O)(F)F.